The minimum absolute atomic E-state index is 0.403. The summed E-state index contributed by atoms with van der Waals surface area (Å²) in [4.78, 5) is 1.33. The van der Waals surface area contributed by atoms with Gasteiger partial charge >= 0.3 is 0 Å². The molecule has 1 N–H and O–H groups in total. The molecule has 1 aliphatic heterocycles. The standard InChI is InChI=1S/C12H21N3OS/c1-3-4-10-12(17-15-14-10)11(13-2)9-5-7-16-8-6-9/h9,11,13H,3-8H2,1-2H3. The minimum atomic E-state index is 0.403. The second-order valence-electron chi connectivity index (χ2n) is 4.55. The molecule has 0 aliphatic carbocycles. The molecule has 4 nitrogen and oxygen atoms in total. The Hall–Kier alpha value is -0.520. The van der Waals surface area contributed by atoms with Gasteiger partial charge in [0.15, 0.2) is 0 Å². The Labute approximate surface area is 107 Å². The van der Waals surface area contributed by atoms with Gasteiger partial charge in [-0.3, -0.25) is 0 Å². The molecule has 1 aromatic rings. The van der Waals surface area contributed by atoms with E-state index in [1.54, 1.807) is 11.5 Å². The van der Waals surface area contributed by atoms with Gasteiger partial charge in [-0.1, -0.05) is 17.8 Å². The smallest absolute Gasteiger partial charge is 0.0803 e. The zero-order valence-corrected chi connectivity index (χ0v) is 11.4. The maximum Gasteiger partial charge on any atom is 0.0803 e. The van der Waals surface area contributed by atoms with E-state index in [0.29, 0.717) is 12.0 Å². The minimum Gasteiger partial charge on any atom is -0.381 e. The van der Waals surface area contributed by atoms with Crippen molar-refractivity contribution in [2.45, 2.75) is 38.6 Å². The van der Waals surface area contributed by atoms with Crippen LogP contribution in [0.3, 0.4) is 0 Å². The highest BCUT2D eigenvalue weighted by atomic mass is 32.1. The van der Waals surface area contributed by atoms with E-state index in [4.69, 9.17) is 4.74 Å². The molecule has 0 saturated carbocycles. The number of nitrogens with one attached hydrogen (secondary N) is 1. The quantitative estimate of drug-likeness (QED) is 0.876. The van der Waals surface area contributed by atoms with Crippen molar-refractivity contribution in [3.05, 3.63) is 10.6 Å². The van der Waals surface area contributed by atoms with Crippen molar-refractivity contribution in [1.82, 2.24) is 14.9 Å². The zero-order valence-electron chi connectivity index (χ0n) is 10.6. The maximum absolute atomic E-state index is 5.43. The van der Waals surface area contributed by atoms with Crippen molar-refractivity contribution in [2.24, 2.45) is 5.92 Å². The van der Waals surface area contributed by atoms with E-state index in [2.05, 4.69) is 21.8 Å². The molecule has 0 aromatic carbocycles. The molecule has 0 spiro atoms. The molecule has 2 heterocycles. The lowest BCUT2D eigenvalue weighted by Crippen LogP contribution is -2.30. The van der Waals surface area contributed by atoms with Crippen LogP contribution in [0.15, 0.2) is 0 Å². The van der Waals surface area contributed by atoms with Crippen LogP contribution in [0.25, 0.3) is 0 Å². The van der Waals surface area contributed by atoms with Gasteiger partial charge in [0.1, 0.15) is 0 Å². The molecule has 1 unspecified atom stereocenters. The van der Waals surface area contributed by atoms with Crippen LogP contribution in [0, 0.1) is 5.92 Å². The molecule has 1 aromatic heterocycles. The lowest BCUT2D eigenvalue weighted by Gasteiger charge is -2.29. The van der Waals surface area contributed by atoms with Gasteiger partial charge in [0.2, 0.25) is 0 Å². The first-order chi connectivity index (χ1) is 8.36. The highest BCUT2D eigenvalue weighted by molar-refractivity contribution is 7.05. The first-order valence-electron chi connectivity index (χ1n) is 6.43. The van der Waals surface area contributed by atoms with Crippen LogP contribution in [-0.2, 0) is 11.2 Å². The van der Waals surface area contributed by atoms with Gasteiger partial charge in [-0.15, -0.1) is 5.10 Å². The summed E-state index contributed by atoms with van der Waals surface area (Å²) in [5.74, 6) is 0.659. The Morgan fingerprint density at radius 3 is 2.88 bits per heavy atom. The van der Waals surface area contributed by atoms with Crippen LogP contribution >= 0.6 is 11.5 Å². The van der Waals surface area contributed by atoms with Crippen LogP contribution in [-0.4, -0.2) is 29.8 Å². The molecule has 0 bridgehead atoms. The summed E-state index contributed by atoms with van der Waals surface area (Å²) in [7, 11) is 2.04. The molecule has 96 valence electrons. The number of aromatic nitrogens is 2. The Bertz CT molecular complexity index is 336. The third-order valence-electron chi connectivity index (χ3n) is 3.40. The number of hydrogen-bond donors (Lipinski definition) is 1. The number of hydrogen-bond acceptors (Lipinski definition) is 5. The van der Waals surface area contributed by atoms with E-state index in [-0.39, 0.29) is 0 Å². The molecule has 1 aliphatic rings. The van der Waals surface area contributed by atoms with Crippen molar-refractivity contribution in [3.63, 3.8) is 0 Å². The van der Waals surface area contributed by atoms with Crippen molar-refractivity contribution in [1.29, 1.82) is 0 Å². The van der Waals surface area contributed by atoms with Crippen LogP contribution < -0.4 is 5.32 Å². The van der Waals surface area contributed by atoms with Crippen molar-refractivity contribution in [3.8, 4) is 0 Å². The number of aryl methyl sites for hydroxylation is 1. The van der Waals surface area contributed by atoms with Gasteiger partial charge < -0.3 is 10.1 Å². The second-order valence-corrected chi connectivity index (χ2v) is 5.34. The molecule has 1 saturated heterocycles. The largest absolute Gasteiger partial charge is 0.381 e. The van der Waals surface area contributed by atoms with Gasteiger partial charge in [0.25, 0.3) is 0 Å². The summed E-state index contributed by atoms with van der Waals surface area (Å²) >= 11 is 1.55. The summed E-state index contributed by atoms with van der Waals surface area (Å²) in [6, 6.07) is 0.403. The molecule has 1 atom stereocenters. The monoisotopic (exact) mass is 255 g/mol. The van der Waals surface area contributed by atoms with Gasteiger partial charge in [-0.2, -0.15) is 0 Å². The fraction of sp³-hybridized carbons (Fsp3) is 0.833. The van der Waals surface area contributed by atoms with Crippen molar-refractivity contribution < 1.29 is 4.74 Å². The lowest BCUT2D eigenvalue weighted by atomic mass is 9.90. The fourth-order valence-corrected chi connectivity index (χ4v) is 3.39. The van der Waals surface area contributed by atoms with E-state index in [9.17, 15) is 0 Å². The van der Waals surface area contributed by atoms with E-state index in [0.717, 1.165) is 38.9 Å². The second kappa shape index (κ2) is 6.42. The molecule has 0 amide bonds. The van der Waals surface area contributed by atoms with Crippen molar-refractivity contribution in [2.75, 3.05) is 20.3 Å². The van der Waals surface area contributed by atoms with Gasteiger partial charge in [-0.05, 0) is 43.8 Å². The Morgan fingerprint density at radius 1 is 1.47 bits per heavy atom. The third kappa shape index (κ3) is 3.03. The molecular formula is C12H21N3OS. The summed E-state index contributed by atoms with van der Waals surface area (Å²) in [6.45, 7) is 3.96. The predicted octanol–water partition coefficient (Wildman–Crippen LogP) is 2.18. The van der Waals surface area contributed by atoms with Crippen LogP contribution in [0.4, 0.5) is 0 Å². The number of ether oxygens (including phenoxy) is 1. The predicted molar refractivity (Wildman–Crippen MR) is 69.2 cm³/mol. The SMILES string of the molecule is CCCc1nnsc1C(NC)C1CCOCC1. The summed E-state index contributed by atoms with van der Waals surface area (Å²) in [5, 5.41) is 7.71. The van der Waals surface area contributed by atoms with Crippen molar-refractivity contribution >= 4 is 11.5 Å². The number of nitrogens with zero attached hydrogens (tertiary/aromatic N) is 2. The zero-order chi connectivity index (χ0) is 12.1. The molecule has 2 rings (SSSR count). The molecule has 17 heavy (non-hydrogen) atoms. The Kier molecular flexibility index (Phi) is 4.88. The van der Waals surface area contributed by atoms with Gasteiger partial charge in [-0.25, -0.2) is 0 Å². The van der Waals surface area contributed by atoms with E-state index in [1.165, 1.54) is 10.6 Å². The third-order valence-corrected chi connectivity index (χ3v) is 4.25. The topological polar surface area (TPSA) is 47.0 Å². The van der Waals surface area contributed by atoms with Crippen LogP contribution in [0.1, 0.15) is 42.8 Å². The molecule has 0 radical (unpaired) electrons. The average molecular weight is 255 g/mol. The molecule has 5 heteroatoms. The Balaban J connectivity index is 2.12. The summed E-state index contributed by atoms with van der Waals surface area (Å²) in [6.07, 6.45) is 4.43. The van der Waals surface area contributed by atoms with E-state index in [1.807, 2.05) is 7.05 Å². The first-order valence-corrected chi connectivity index (χ1v) is 7.20. The Morgan fingerprint density at radius 2 is 2.24 bits per heavy atom. The van der Waals surface area contributed by atoms with Gasteiger partial charge in [0.05, 0.1) is 10.6 Å². The normalized spacial score (nSPS) is 19.4. The highest BCUT2D eigenvalue weighted by Gasteiger charge is 2.27. The van der Waals surface area contributed by atoms with E-state index < -0.39 is 0 Å². The number of rotatable bonds is 5. The maximum atomic E-state index is 5.43. The lowest BCUT2D eigenvalue weighted by molar-refractivity contribution is 0.0549. The fourth-order valence-electron chi connectivity index (χ4n) is 2.49. The summed E-state index contributed by atoms with van der Waals surface area (Å²) < 4.78 is 9.56. The average Bonchev–Trinajstić information content (AvgIpc) is 2.81. The van der Waals surface area contributed by atoms with Gasteiger partial charge in [0, 0.05) is 19.3 Å². The molecule has 1 fully saturated rings. The highest BCUT2D eigenvalue weighted by Crippen LogP contribution is 2.33. The van der Waals surface area contributed by atoms with Crippen LogP contribution in [0.5, 0.6) is 0 Å². The molecular weight excluding hydrogens is 234 g/mol. The van der Waals surface area contributed by atoms with Crippen LogP contribution in [0.2, 0.25) is 0 Å². The first kappa shape index (κ1) is 12.9. The van der Waals surface area contributed by atoms with E-state index >= 15 is 0 Å². The summed E-state index contributed by atoms with van der Waals surface area (Å²) in [5.41, 5.74) is 1.18.